The smallest absolute Gasteiger partial charge is 0.234 e. The summed E-state index contributed by atoms with van der Waals surface area (Å²) in [5.41, 5.74) is 4.80. The van der Waals surface area contributed by atoms with Gasteiger partial charge in [-0.2, -0.15) is 5.10 Å². The second-order valence-corrected chi connectivity index (χ2v) is 9.97. The van der Waals surface area contributed by atoms with E-state index in [0.29, 0.717) is 5.69 Å². The minimum Gasteiger partial charge on any atom is -0.281 e. The Morgan fingerprint density at radius 2 is 1.91 bits per heavy atom. The number of H-pyrrole nitrogens is 1. The highest BCUT2D eigenvalue weighted by atomic mass is 32.2. The fraction of sp³-hybridized carbons (Fsp3) is 0.320. The Morgan fingerprint density at radius 3 is 2.66 bits per heavy atom. The van der Waals surface area contributed by atoms with E-state index in [9.17, 15) is 12.8 Å². The molecule has 7 heteroatoms. The van der Waals surface area contributed by atoms with E-state index < -0.39 is 10.0 Å². The van der Waals surface area contributed by atoms with Gasteiger partial charge in [0, 0.05) is 28.6 Å². The predicted molar refractivity (Wildman–Crippen MR) is 125 cm³/mol. The molecule has 0 spiro atoms. The Bertz CT molecular complexity index is 1170. The zero-order chi connectivity index (χ0) is 22.6. The molecule has 1 aromatic heterocycles. The van der Waals surface area contributed by atoms with Gasteiger partial charge in [-0.15, -0.1) is 0 Å². The summed E-state index contributed by atoms with van der Waals surface area (Å²) in [6, 6.07) is 15.8. The maximum absolute atomic E-state index is 13.3. The number of aromatic nitrogens is 2. The van der Waals surface area contributed by atoms with Crippen LogP contribution in [0, 0.1) is 5.82 Å². The molecule has 5 nitrogen and oxygen atoms in total. The zero-order valence-corrected chi connectivity index (χ0v) is 18.9. The minimum atomic E-state index is -3.63. The van der Waals surface area contributed by atoms with Crippen LogP contribution < -0.4 is 4.72 Å². The topological polar surface area (TPSA) is 74.8 Å². The molecule has 32 heavy (non-hydrogen) atoms. The summed E-state index contributed by atoms with van der Waals surface area (Å²) in [5.74, 6) is 0.0149. The summed E-state index contributed by atoms with van der Waals surface area (Å²) in [6.45, 7) is 1.82. The van der Waals surface area contributed by atoms with Crippen LogP contribution in [0.15, 0.2) is 60.0 Å². The van der Waals surface area contributed by atoms with E-state index in [1.165, 1.54) is 17.5 Å². The van der Waals surface area contributed by atoms with E-state index in [1.807, 2.05) is 49.4 Å². The fourth-order valence-corrected chi connectivity index (χ4v) is 5.34. The third-order valence-electron chi connectivity index (χ3n) is 6.01. The summed E-state index contributed by atoms with van der Waals surface area (Å²) in [6.07, 6.45) is 6.38. The lowest BCUT2D eigenvalue weighted by Gasteiger charge is -2.14. The van der Waals surface area contributed by atoms with Crippen molar-refractivity contribution in [2.45, 2.75) is 51.0 Å². The number of rotatable bonds is 7. The highest BCUT2D eigenvalue weighted by Gasteiger charge is 2.24. The SMILES string of the molecule is C[C@H](NS(=O)(=O)/C=C/c1n[nH]c2c1CCCCC2Cc1ccc(F)cc1)c1ccccc1. The van der Waals surface area contributed by atoms with Gasteiger partial charge < -0.3 is 0 Å². The number of nitrogens with zero attached hydrogens (tertiary/aromatic N) is 1. The summed E-state index contributed by atoms with van der Waals surface area (Å²) < 4.78 is 41.2. The van der Waals surface area contributed by atoms with Crippen molar-refractivity contribution in [3.05, 3.63) is 93.9 Å². The van der Waals surface area contributed by atoms with Crippen molar-refractivity contribution in [3.63, 3.8) is 0 Å². The van der Waals surface area contributed by atoms with Crippen LogP contribution in [0.5, 0.6) is 0 Å². The van der Waals surface area contributed by atoms with Gasteiger partial charge in [0.05, 0.1) is 5.69 Å². The second-order valence-electron chi connectivity index (χ2n) is 8.37. The maximum atomic E-state index is 13.3. The van der Waals surface area contributed by atoms with E-state index in [-0.39, 0.29) is 17.8 Å². The van der Waals surface area contributed by atoms with Gasteiger partial charge in [-0.05, 0) is 61.9 Å². The third kappa shape index (κ3) is 5.53. The molecular weight excluding hydrogens is 425 g/mol. The van der Waals surface area contributed by atoms with E-state index in [4.69, 9.17) is 0 Å². The lowest BCUT2D eigenvalue weighted by molar-refractivity contribution is 0.576. The van der Waals surface area contributed by atoms with Gasteiger partial charge in [0.25, 0.3) is 0 Å². The molecule has 0 amide bonds. The summed E-state index contributed by atoms with van der Waals surface area (Å²) in [4.78, 5) is 0. The molecule has 0 bridgehead atoms. The molecule has 4 rings (SSSR count). The van der Waals surface area contributed by atoms with Crippen LogP contribution in [0.2, 0.25) is 0 Å². The van der Waals surface area contributed by atoms with Crippen molar-refractivity contribution in [1.29, 1.82) is 0 Å². The summed E-state index contributed by atoms with van der Waals surface area (Å²) >= 11 is 0. The lowest BCUT2D eigenvalue weighted by Crippen LogP contribution is -2.24. The molecule has 3 aromatic rings. The molecule has 2 N–H and O–H groups in total. The first-order valence-corrected chi connectivity index (χ1v) is 12.5. The van der Waals surface area contributed by atoms with Crippen LogP contribution in [-0.4, -0.2) is 18.6 Å². The molecular formula is C25H28FN3O2S. The van der Waals surface area contributed by atoms with Crippen molar-refractivity contribution in [2.75, 3.05) is 0 Å². The van der Waals surface area contributed by atoms with Crippen LogP contribution >= 0.6 is 0 Å². The van der Waals surface area contributed by atoms with Crippen LogP contribution in [0.25, 0.3) is 6.08 Å². The third-order valence-corrected chi connectivity index (χ3v) is 7.19. The van der Waals surface area contributed by atoms with Crippen molar-refractivity contribution < 1.29 is 12.8 Å². The van der Waals surface area contributed by atoms with E-state index >= 15 is 0 Å². The largest absolute Gasteiger partial charge is 0.281 e. The molecule has 0 fully saturated rings. The molecule has 1 aliphatic rings. The number of hydrogen-bond acceptors (Lipinski definition) is 3. The Balaban J connectivity index is 1.51. The average molecular weight is 454 g/mol. The number of nitrogens with one attached hydrogen (secondary N) is 2. The molecule has 1 aliphatic carbocycles. The number of sulfonamides is 1. The second kappa shape index (κ2) is 9.79. The Morgan fingerprint density at radius 1 is 1.16 bits per heavy atom. The molecule has 0 saturated heterocycles. The maximum Gasteiger partial charge on any atom is 0.234 e. The monoisotopic (exact) mass is 453 g/mol. The summed E-state index contributed by atoms with van der Waals surface area (Å²) in [7, 11) is -3.63. The predicted octanol–water partition coefficient (Wildman–Crippen LogP) is 5.25. The van der Waals surface area contributed by atoms with Crippen LogP contribution in [0.1, 0.15) is 66.2 Å². The number of hydrogen-bond donors (Lipinski definition) is 2. The van der Waals surface area contributed by atoms with Gasteiger partial charge in [-0.1, -0.05) is 48.9 Å². The molecule has 0 aliphatic heterocycles. The lowest BCUT2D eigenvalue weighted by atomic mass is 9.91. The number of halogens is 1. The number of fused-ring (bicyclic) bond motifs is 1. The Hall–Kier alpha value is -2.77. The van der Waals surface area contributed by atoms with E-state index in [0.717, 1.165) is 54.5 Å². The fourth-order valence-electron chi connectivity index (χ4n) is 4.33. The Kier molecular flexibility index (Phi) is 6.86. The molecule has 2 atom stereocenters. The van der Waals surface area contributed by atoms with Gasteiger partial charge in [-0.25, -0.2) is 17.5 Å². The molecule has 0 saturated carbocycles. The summed E-state index contributed by atoms with van der Waals surface area (Å²) in [5, 5.41) is 8.78. The zero-order valence-electron chi connectivity index (χ0n) is 18.1. The average Bonchev–Trinajstić information content (AvgIpc) is 3.08. The van der Waals surface area contributed by atoms with Crippen molar-refractivity contribution >= 4 is 16.1 Å². The van der Waals surface area contributed by atoms with E-state index in [1.54, 1.807) is 6.08 Å². The van der Waals surface area contributed by atoms with Crippen LogP contribution in [0.4, 0.5) is 4.39 Å². The molecule has 1 heterocycles. The molecule has 2 aromatic carbocycles. The van der Waals surface area contributed by atoms with Gasteiger partial charge in [0.15, 0.2) is 0 Å². The van der Waals surface area contributed by atoms with Gasteiger partial charge in [0.2, 0.25) is 10.0 Å². The normalized spacial score (nSPS) is 17.8. The van der Waals surface area contributed by atoms with E-state index in [2.05, 4.69) is 14.9 Å². The van der Waals surface area contributed by atoms with Crippen molar-refractivity contribution in [2.24, 2.45) is 0 Å². The first-order valence-electron chi connectivity index (χ1n) is 11.0. The minimum absolute atomic E-state index is 0.235. The first-order chi connectivity index (χ1) is 15.4. The standard InChI is InChI=1S/C25H28FN3O2S/c1-18(20-7-3-2-4-8-20)29-32(30,31)16-15-24-23-10-6-5-9-21(25(23)28-27-24)17-19-11-13-22(26)14-12-19/h2-4,7-8,11-16,18,21,29H,5-6,9-10,17H2,1H3,(H,27,28)/b16-15+/t18-,21?/m0/s1. The Labute approximate surface area is 188 Å². The van der Waals surface area contributed by atoms with Gasteiger partial charge in [-0.3, -0.25) is 5.10 Å². The molecule has 168 valence electrons. The number of benzene rings is 2. The van der Waals surface area contributed by atoms with Gasteiger partial charge in [0.1, 0.15) is 5.82 Å². The first kappa shape index (κ1) is 22.4. The van der Waals surface area contributed by atoms with Crippen LogP contribution in [-0.2, 0) is 22.9 Å². The molecule has 0 radical (unpaired) electrons. The quantitative estimate of drug-likeness (QED) is 0.480. The highest BCUT2D eigenvalue weighted by molar-refractivity contribution is 7.92. The highest BCUT2D eigenvalue weighted by Crippen LogP contribution is 2.33. The van der Waals surface area contributed by atoms with Crippen molar-refractivity contribution in [3.8, 4) is 0 Å². The van der Waals surface area contributed by atoms with Crippen LogP contribution in [0.3, 0.4) is 0 Å². The number of aromatic amines is 1. The molecule has 1 unspecified atom stereocenters. The van der Waals surface area contributed by atoms with Crippen molar-refractivity contribution in [1.82, 2.24) is 14.9 Å². The van der Waals surface area contributed by atoms with Gasteiger partial charge >= 0.3 is 0 Å².